The predicted octanol–water partition coefficient (Wildman–Crippen LogP) is 2.97. The van der Waals surface area contributed by atoms with Crippen molar-refractivity contribution in [2.45, 2.75) is 25.3 Å². The minimum Gasteiger partial charge on any atom is -0.357 e. The number of benzene rings is 2. The molecular weight excluding hydrogens is 362 g/mol. The zero-order chi connectivity index (χ0) is 20.6. The molecule has 6 nitrogen and oxygen atoms in total. The van der Waals surface area contributed by atoms with Crippen LogP contribution in [0.15, 0.2) is 59.6 Å². The van der Waals surface area contributed by atoms with Crippen LogP contribution in [0, 0.1) is 0 Å². The Balaban J connectivity index is 1.69. The first-order chi connectivity index (χ1) is 14.1. The van der Waals surface area contributed by atoms with Crippen LogP contribution in [-0.2, 0) is 4.79 Å². The summed E-state index contributed by atoms with van der Waals surface area (Å²) in [6.07, 6.45) is 0.480. The lowest BCUT2D eigenvalue weighted by atomic mass is 9.90. The molecule has 0 saturated carbocycles. The average Bonchev–Trinajstić information content (AvgIpc) is 2.72. The molecule has 0 fully saturated rings. The Morgan fingerprint density at radius 1 is 1.14 bits per heavy atom. The second-order valence-corrected chi connectivity index (χ2v) is 7.53. The van der Waals surface area contributed by atoms with E-state index in [-0.39, 0.29) is 17.9 Å². The molecule has 0 aromatic heterocycles. The maximum atomic E-state index is 12.1. The van der Waals surface area contributed by atoms with Crippen molar-refractivity contribution in [2.24, 2.45) is 4.99 Å². The first-order valence-corrected chi connectivity index (χ1v) is 10.2. The van der Waals surface area contributed by atoms with Gasteiger partial charge in [0.05, 0.1) is 12.6 Å². The fourth-order valence-corrected chi connectivity index (χ4v) is 3.67. The number of nitrogens with one attached hydrogen (secondary N) is 3. The van der Waals surface area contributed by atoms with E-state index < -0.39 is 0 Å². The van der Waals surface area contributed by atoms with Gasteiger partial charge in [0.2, 0.25) is 5.91 Å². The van der Waals surface area contributed by atoms with Crippen LogP contribution < -0.4 is 16.0 Å². The SMILES string of the molecule is CCNC(=NCC(c1ccccc1)N(C)C)NCC1CC(=O)Nc2ccccc21. The Morgan fingerprint density at radius 2 is 1.86 bits per heavy atom. The number of carbonyl (C=O) groups excluding carboxylic acids is 1. The smallest absolute Gasteiger partial charge is 0.225 e. The van der Waals surface area contributed by atoms with Gasteiger partial charge in [0.15, 0.2) is 5.96 Å². The zero-order valence-corrected chi connectivity index (χ0v) is 17.5. The molecule has 3 rings (SSSR count). The van der Waals surface area contributed by atoms with Gasteiger partial charge in [-0.3, -0.25) is 9.79 Å². The number of fused-ring (bicyclic) bond motifs is 1. The summed E-state index contributed by atoms with van der Waals surface area (Å²) in [4.78, 5) is 19.1. The van der Waals surface area contributed by atoms with E-state index >= 15 is 0 Å². The largest absolute Gasteiger partial charge is 0.357 e. The lowest BCUT2D eigenvalue weighted by Gasteiger charge is -2.27. The summed E-state index contributed by atoms with van der Waals surface area (Å²) in [5.41, 5.74) is 3.33. The second-order valence-electron chi connectivity index (χ2n) is 7.53. The lowest BCUT2D eigenvalue weighted by molar-refractivity contribution is -0.116. The summed E-state index contributed by atoms with van der Waals surface area (Å²) in [5, 5.41) is 9.72. The first-order valence-electron chi connectivity index (χ1n) is 10.2. The number of anilines is 1. The summed E-state index contributed by atoms with van der Waals surface area (Å²) in [6.45, 7) is 4.15. The average molecular weight is 394 g/mol. The zero-order valence-electron chi connectivity index (χ0n) is 17.5. The molecule has 2 aromatic carbocycles. The van der Waals surface area contributed by atoms with Crippen molar-refractivity contribution in [1.82, 2.24) is 15.5 Å². The lowest BCUT2D eigenvalue weighted by Crippen LogP contribution is -2.41. The Morgan fingerprint density at radius 3 is 2.59 bits per heavy atom. The van der Waals surface area contributed by atoms with Gasteiger partial charge in [0, 0.05) is 31.1 Å². The van der Waals surface area contributed by atoms with Gasteiger partial charge in [-0.25, -0.2) is 0 Å². The number of amides is 1. The minimum atomic E-state index is 0.0641. The van der Waals surface area contributed by atoms with Crippen LogP contribution in [0.3, 0.4) is 0 Å². The molecule has 0 saturated heterocycles. The van der Waals surface area contributed by atoms with E-state index in [0.717, 1.165) is 18.2 Å². The third-order valence-corrected chi connectivity index (χ3v) is 5.20. The van der Waals surface area contributed by atoms with Crippen molar-refractivity contribution < 1.29 is 4.79 Å². The van der Waals surface area contributed by atoms with E-state index in [4.69, 9.17) is 4.99 Å². The first kappa shape index (κ1) is 20.9. The Bertz CT molecular complexity index is 834. The molecule has 29 heavy (non-hydrogen) atoms. The van der Waals surface area contributed by atoms with Crippen molar-refractivity contribution in [1.29, 1.82) is 0 Å². The minimum absolute atomic E-state index is 0.0641. The van der Waals surface area contributed by atoms with Crippen LogP contribution >= 0.6 is 0 Å². The number of hydrogen-bond donors (Lipinski definition) is 3. The maximum Gasteiger partial charge on any atom is 0.225 e. The summed E-state index contributed by atoms with van der Waals surface area (Å²) in [5.74, 6) is 0.968. The predicted molar refractivity (Wildman–Crippen MR) is 119 cm³/mol. The van der Waals surface area contributed by atoms with Crippen LogP contribution in [0.25, 0.3) is 0 Å². The summed E-state index contributed by atoms with van der Waals surface area (Å²) < 4.78 is 0. The number of likely N-dealkylation sites (N-methyl/N-ethyl adjacent to an activating group) is 1. The van der Waals surface area contributed by atoms with E-state index in [1.807, 2.05) is 24.3 Å². The molecule has 154 valence electrons. The molecule has 2 atom stereocenters. The van der Waals surface area contributed by atoms with Crippen molar-refractivity contribution in [3.63, 3.8) is 0 Å². The van der Waals surface area contributed by atoms with Gasteiger partial charge in [-0.05, 0) is 38.2 Å². The van der Waals surface area contributed by atoms with E-state index in [1.165, 1.54) is 11.1 Å². The van der Waals surface area contributed by atoms with Crippen LogP contribution in [0.1, 0.15) is 36.4 Å². The third kappa shape index (κ3) is 5.57. The fourth-order valence-electron chi connectivity index (χ4n) is 3.67. The molecule has 1 aliphatic rings. The quantitative estimate of drug-likeness (QED) is 0.500. The van der Waals surface area contributed by atoms with Gasteiger partial charge >= 0.3 is 0 Å². The molecule has 2 unspecified atom stereocenters. The summed E-state index contributed by atoms with van der Waals surface area (Å²) in [6, 6.07) is 18.6. The molecule has 3 N–H and O–H groups in total. The normalized spacial score (nSPS) is 17.4. The second kappa shape index (κ2) is 10.1. The summed E-state index contributed by atoms with van der Waals surface area (Å²) in [7, 11) is 4.15. The Hall–Kier alpha value is -2.86. The van der Waals surface area contributed by atoms with Crippen LogP contribution in [-0.4, -0.2) is 50.5 Å². The molecule has 0 aliphatic carbocycles. The van der Waals surface area contributed by atoms with E-state index in [0.29, 0.717) is 19.5 Å². The standard InChI is InChI=1S/C23H31N5O/c1-4-24-23(26-16-21(28(2)3)17-10-6-5-7-11-17)25-15-18-14-22(29)27-20-13-9-8-12-19(18)20/h5-13,18,21H,4,14-16H2,1-3H3,(H,27,29)(H2,24,25,26). The Labute approximate surface area is 173 Å². The molecular formula is C23H31N5O. The van der Waals surface area contributed by atoms with Gasteiger partial charge in [-0.1, -0.05) is 48.5 Å². The molecule has 0 radical (unpaired) electrons. The van der Waals surface area contributed by atoms with Gasteiger partial charge in [-0.15, -0.1) is 0 Å². The molecule has 6 heteroatoms. The van der Waals surface area contributed by atoms with Crippen LogP contribution in [0.2, 0.25) is 0 Å². The van der Waals surface area contributed by atoms with Gasteiger partial charge < -0.3 is 20.9 Å². The van der Waals surface area contributed by atoms with Crippen molar-refractivity contribution in [3.05, 3.63) is 65.7 Å². The molecule has 2 aromatic rings. The molecule has 0 spiro atoms. The van der Waals surface area contributed by atoms with Crippen molar-refractivity contribution in [2.75, 3.05) is 39.0 Å². The van der Waals surface area contributed by atoms with Crippen LogP contribution in [0.4, 0.5) is 5.69 Å². The number of rotatable bonds is 7. The number of hydrogen-bond acceptors (Lipinski definition) is 3. The highest BCUT2D eigenvalue weighted by molar-refractivity contribution is 5.94. The Kier molecular flexibility index (Phi) is 7.25. The van der Waals surface area contributed by atoms with Gasteiger partial charge in [-0.2, -0.15) is 0 Å². The number of carbonyl (C=O) groups is 1. The molecule has 1 aliphatic heterocycles. The van der Waals surface area contributed by atoms with E-state index in [1.54, 1.807) is 0 Å². The monoisotopic (exact) mass is 393 g/mol. The highest BCUT2D eigenvalue weighted by Crippen LogP contribution is 2.31. The number of para-hydroxylation sites is 1. The van der Waals surface area contributed by atoms with Crippen molar-refractivity contribution in [3.8, 4) is 0 Å². The highest BCUT2D eigenvalue weighted by atomic mass is 16.1. The third-order valence-electron chi connectivity index (χ3n) is 5.20. The number of nitrogens with zero attached hydrogens (tertiary/aromatic N) is 2. The number of guanidine groups is 1. The van der Waals surface area contributed by atoms with Gasteiger partial charge in [0.25, 0.3) is 0 Å². The fraction of sp³-hybridized carbons (Fsp3) is 0.391. The van der Waals surface area contributed by atoms with Crippen molar-refractivity contribution >= 4 is 17.6 Å². The van der Waals surface area contributed by atoms with Crippen LogP contribution in [0.5, 0.6) is 0 Å². The number of aliphatic imine (C=N–C) groups is 1. The topological polar surface area (TPSA) is 68.8 Å². The van der Waals surface area contributed by atoms with Gasteiger partial charge in [0.1, 0.15) is 0 Å². The highest BCUT2D eigenvalue weighted by Gasteiger charge is 2.24. The van der Waals surface area contributed by atoms with E-state index in [9.17, 15) is 4.79 Å². The van der Waals surface area contributed by atoms with E-state index in [2.05, 4.69) is 72.2 Å². The maximum absolute atomic E-state index is 12.1. The molecule has 0 bridgehead atoms. The summed E-state index contributed by atoms with van der Waals surface area (Å²) >= 11 is 0. The molecule has 1 amide bonds. The molecule has 1 heterocycles.